The molecule has 1 aliphatic rings. The van der Waals surface area contributed by atoms with Crippen LogP contribution in [0, 0.1) is 0 Å². The predicted molar refractivity (Wildman–Crippen MR) is 86.1 cm³/mol. The van der Waals surface area contributed by atoms with Crippen LogP contribution in [-0.2, 0) is 6.54 Å². The molecule has 0 aromatic carbocycles. The smallest absolute Gasteiger partial charge is 0.317 e. The van der Waals surface area contributed by atoms with E-state index in [-0.39, 0.29) is 12.1 Å². The normalized spacial score (nSPS) is 16.6. The Morgan fingerprint density at radius 3 is 2.82 bits per heavy atom. The van der Waals surface area contributed by atoms with Gasteiger partial charge in [-0.05, 0) is 6.92 Å². The van der Waals surface area contributed by atoms with E-state index in [1.807, 2.05) is 34.2 Å². The maximum atomic E-state index is 12.3. The first kappa shape index (κ1) is 14.8. The van der Waals surface area contributed by atoms with E-state index in [4.69, 9.17) is 0 Å². The van der Waals surface area contributed by atoms with Gasteiger partial charge in [0.2, 0.25) is 0 Å². The number of amides is 2. The van der Waals surface area contributed by atoms with Crippen LogP contribution in [0.15, 0.2) is 30.3 Å². The number of rotatable bonds is 4. The lowest BCUT2D eigenvalue weighted by atomic mass is 10.3. The lowest BCUT2D eigenvalue weighted by molar-refractivity contribution is 0.190. The summed E-state index contributed by atoms with van der Waals surface area (Å²) in [6, 6.07) is 0.0742. The number of hydrogen-bond acceptors (Lipinski definition) is 5. The molecule has 1 aliphatic heterocycles. The van der Waals surface area contributed by atoms with Crippen molar-refractivity contribution in [3.8, 4) is 0 Å². The zero-order valence-electron chi connectivity index (χ0n) is 12.6. The van der Waals surface area contributed by atoms with Gasteiger partial charge in [0.25, 0.3) is 0 Å². The van der Waals surface area contributed by atoms with Crippen molar-refractivity contribution in [2.45, 2.75) is 19.5 Å². The first-order chi connectivity index (χ1) is 10.7. The second-order valence-electron chi connectivity index (χ2n) is 5.40. The highest BCUT2D eigenvalue weighted by atomic mass is 32.1. The molecule has 1 N–H and O–H groups in total. The van der Waals surface area contributed by atoms with Gasteiger partial charge in [-0.2, -0.15) is 0 Å². The number of carbonyl (C=O) groups excluding carboxylic acids is 1. The number of hydrogen-bond donors (Lipinski definition) is 1. The van der Waals surface area contributed by atoms with Gasteiger partial charge in [-0.3, -0.25) is 0 Å². The quantitative estimate of drug-likeness (QED) is 0.921. The van der Waals surface area contributed by atoms with Crippen LogP contribution < -0.4 is 10.2 Å². The maximum absolute atomic E-state index is 12.3. The molecule has 1 atom stereocenters. The molecule has 7 nitrogen and oxygen atoms in total. The Balaban J connectivity index is 1.45. The molecular formula is C14H20N6OS. The van der Waals surface area contributed by atoms with E-state index < -0.39 is 0 Å². The Kier molecular flexibility index (Phi) is 4.57. The Morgan fingerprint density at radius 1 is 1.36 bits per heavy atom. The molecule has 118 valence electrons. The van der Waals surface area contributed by atoms with E-state index in [0.717, 1.165) is 37.9 Å². The second-order valence-corrected chi connectivity index (χ2v) is 6.27. The first-order valence-corrected chi connectivity index (χ1v) is 8.26. The van der Waals surface area contributed by atoms with Gasteiger partial charge in [-0.25, -0.2) is 14.8 Å². The van der Waals surface area contributed by atoms with Crippen LogP contribution in [0.5, 0.6) is 0 Å². The highest BCUT2D eigenvalue weighted by Crippen LogP contribution is 2.18. The lowest BCUT2D eigenvalue weighted by Crippen LogP contribution is -2.53. The van der Waals surface area contributed by atoms with E-state index in [1.165, 1.54) is 0 Å². The summed E-state index contributed by atoms with van der Waals surface area (Å²) in [7, 11) is 0. The summed E-state index contributed by atoms with van der Waals surface area (Å²) in [5.41, 5.74) is 0. The fourth-order valence-corrected chi connectivity index (χ4v) is 3.23. The molecule has 0 aliphatic carbocycles. The van der Waals surface area contributed by atoms with Crippen molar-refractivity contribution in [2.24, 2.45) is 0 Å². The predicted octanol–water partition coefficient (Wildman–Crippen LogP) is 1.26. The molecule has 1 fully saturated rings. The summed E-state index contributed by atoms with van der Waals surface area (Å²) in [6.45, 7) is 5.84. The summed E-state index contributed by atoms with van der Waals surface area (Å²) >= 11 is 1.64. The van der Waals surface area contributed by atoms with E-state index in [2.05, 4.69) is 20.2 Å². The summed E-state index contributed by atoms with van der Waals surface area (Å²) in [4.78, 5) is 24.7. The largest absolute Gasteiger partial charge is 0.345 e. The van der Waals surface area contributed by atoms with Gasteiger partial charge in [0.05, 0.1) is 6.33 Å². The highest BCUT2D eigenvalue weighted by Gasteiger charge is 2.23. The number of urea groups is 1. The molecule has 3 heterocycles. The minimum absolute atomic E-state index is 0.00593. The number of carbonyl (C=O) groups is 1. The maximum Gasteiger partial charge on any atom is 0.317 e. The molecule has 22 heavy (non-hydrogen) atoms. The number of thiazole rings is 1. The first-order valence-electron chi connectivity index (χ1n) is 7.38. The molecule has 0 saturated carbocycles. The zero-order chi connectivity index (χ0) is 15.4. The van der Waals surface area contributed by atoms with Gasteiger partial charge >= 0.3 is 6.03 Å². The third-order valence-corrected chi connectivity index (χ3v) is 4.50. The van der Waals surface area contributed by atoms with Crippen LogP contribution in [0.2, 0.25) is 0 Å². The Morgan fingerprint density at radius 2 is 2.18 bits per heavy atom. The summed E-state index contributed by atoms with van der Waals surface area (Å²) in [5.74, 6) is 0. The standard InChI is InChI=1S/C14H20N6OS/c1-12(10-18-4-2-15-11-18)17-13(21)19-5-7-20(8-6-19)14-16-3-9-22-14/h2-4,9,11-12H,5-8,10H2,1H3,(H,17,21)/t12-/m0/s1. The van der Waals surface area contributed by atoms with Crippen molar-refractivity contribution >= 4 is 22.5 Å². The Hall–Kier alpha value is -2.09. The van der Waals surface area contributed by atoms with Gasteiger partial charge in [0.15, 0.2) is 5.13 Å². The fourth-order valence-electron chi connectivity index (χ4n) is 2.53. The van der Waals surface area contributed by atoms with E-state index >= 15 is 0 Å². The van der Waals surface area contributed by atoms with Gasteiger partial charge in [-0.15, -0.1) is 11.3 Å². The highest BCUT2D eigenvalue weighted by molar-refractivity contribution is 7.13. The van der Waals surface area contributed by atoms with Gasteiger partial charge < -0.3 is 19.7 Å². The Bertz CT molecular complexity index is 577. The molecule has 2 amide bonds. The van der Waals surface area contributed by atoms with Crippen LogP contribution in [-0.4, -0.2) is 57.7 Å². The molecule has 8 heteroatoms. The van der Waals surface area contributed by atoms with Crippen LogP contribution in [0.25, 0.3) is 0 Å². The van der Waals surface area contributed by atoms with E-state index in [1.54, 1.807) is 23.9 Å². The molecule has 3 rings (SSSR count). The van der Waals surface area contributed by atoms with Gasteiger partial charge in [0.1, 0.15) is 0 Å². The molecular weight excluding hydrogens is 300 g/mol. The van der Waals surface area contributed by atoms with Gasteiger partial charge in [-0.1, -0.05) is 0 Å². The number of piperazine rings is 1. The Labute approximate surface area is 133 Å². The minimum Gasteiger partial charge on any atom is -0.345 e. The summed E-state index contributed by atoms with van der Waals surface area (Å²) < 4.78 is 1.96. The number of imidazole rings is 1. The summed E-state index contributed by atoms with van der Waals surface area (Å²) in [5, 5.41) is 6.06. The molecule has 0 unspecified atom stereocenters. The van der Waals surface area contributed by atoms with Crippen molar-refractivity contribution in [1.29, 1.82) is 0 Å². The SMILES string of the molecule is C[C@@H](Cn1ccnc1)NC(=O)N1CCN(c2nccs2)CC1. The molecule has 2 aromatic rings. The number of nitrogens with one attached hydrogen (secondary N) is 1. The molecule has 0 spiro atoms. The molecule has 2 aromatic heterocycles. The van der Waals surface area contributed by atoms with Crippen molar-refractivity contribution in [1.82, 2.24) is 24.8 Å². The molecule has 0 radical (unpaired) electrons. The van der Waals surface area contributed by atoms with E-state index in [9.17, 15) is 4.79 Å². The number of aromatic nitrogens is 3. The van der Waals surface area contributed by atoms with Crippen molar-refractivity contribution in [3.05, 3.63) is 30.3 Å². The second kappa shape index (κ2) is 6.78. The van der Waals surface area contributed by atoms with Crippen molar-refractivity contribution < 1.29 is 4.79 Å². The fraction of sp³-hybridized carbons (Fsp3) is 0.500. The van der Waals surface area contributed by atoms with Crippen molar-refractivity contribution in [2.75, 3.05) is 31.1 Å². The van der Waals surface area contributed by atoms with E-state index in [0.29, 0.717) is 0 Å². The molecule has 1 saturated heterocycles. The van der Waals surface area contributed by atoms with Gasteiger partial charge in [0, 0.05) is 62.7 Å². The van der Waals surface area contributed by atoms with Crippen molar-refractivity contribution in [3.63, 3.8) is 0 Å². The average molecular weight is 320 g/mol. The number of anilines is 1. The zero-order valence-corrected chi connectivity index (χ0v) is 13.4. The van der Waals surface area contributed by atoms with Crippen LogP contribution >= 0.6 is 11.3 Å². The van der Waals surface area contributed by atoms with Crippen LogP contribution in [0.4, 0.5) is 9.93 Å². The third-order valence-electron chi connectivity index (χ3n) is 3.67. The van der Waals surface area contributed by atoms with Crippen LogP contribution in [0.1, 0.15) is 6.92 Å². The summed E-state index contributed by atoms with van der Waals surface area (Å²) in [6.07, 6.45) is 7.22. The lowest BCUT2D eigenvalue weighted by Gasteiger charge is -2.35. The van der Waals surface area contributed by atoms with Crippen LogP contribution in [0.3, 0.4) is 0 Å². The topological polar surface area (TPSA) is 66.3 Å². The monoisotopic (exact) mass is 320 g/mol. The minimum atomic E-state index is 0.00593. The number of nitrogens with zero attached hydrogens (tertiary/aromatic N) is 5. The average Bonchev–Trinajstić information content (AvgIpc) is 3.20. The third kappa shape index (κ3) is 3.56. The molecule has 0 bridgehead atoms.